The first kappa shape index (κ1) is 25.0. The number of rotatable bonds is 3. The fourth-order valence-electron chi connectivity index (χ4n) is 6.01. The van der Waals surface area contributed by atoms with E-state index in [9.17, 15) is 4.79 Å². The molecule has 0 N–H and O–H groups in total. The van der Waals surface area contributed by atoms with Crippen LogP contribution in [0, 0.1) is 13.8 Å². The van der Waals surface area contributed by atoms with Gasteiger partial charge in [0.1, 0.15) is 23.4 Å². The number of nitrogens with zero attached hydrogens (tertiary/aromatic N) is 6. The topological polar surface area (TPSA) is 85.6 Å². The van der Waals surface area contributed by atoms with Crippen LogP contribution in [0.3, 0.4) is 0 Å². The average Bonchev–Trinajstić information content (AvgIpc) is 3.58. The highest BCUT2D eigenvalue weighted by Gasteiger charge is 2.40. The number of hydrogen-bond acceptors (Lipinski definition) is 7. The number of ether oxygens (including phenoxy) is 2. The summed E-state index contributed by atoms with van der Waals surface area (Å²) in [6.45, 7) is 11.4. The SMILES string of the molecule is Cc1nc(N2C[C@H]3C[C@@H]2CO3)cc(-n2ncc3cc(C)c([C@H]4CCN(C(=O)OC(C)(C)C)C[C@H]4F)cc32)n1. The van der Waals surface area contributed by atoms with E-state index in [1.54, 1.807) is 0 Å². The van der Waals surface area contributed by atoms with Gasteiger partial charge in [0.25, 0.3) is 0 Å². The molecular formula is C28H35FN6O3. The van der Waals surface area contributed by atoms with Crippen molar-refractivity contribution in [1.82, 2.24) is 24.6 Å². The Balaban J connectivity index is 1.29. The highest BCUT2D eigenvalue weighted by atomic mass is 19.1. The van der Waals surface area contributed by atoms with Gasteiger partial charge in [0.05, 0.1) is 37.0 Å². The van der Waals surface area contributed by atoms with Crippen molar-refractivity contribution >= 4 is 22.8 Å². The monoisotopic (exact) mass is 522 g/mol. The third-order valence-corrected chi connectivity index (χ3v) is 7.77. The van der Waals surface area contributed by atoms with Crippen LogP contribution in [0.5, 0.6) is 0 Å². The van der Waals surface area contributed by atoms with Crippen molar-refractivity contribution in [2.75, 3.05) is 31.1 Å². The second-order valence-electron chi connectivity index (χ2n) is 11.8. The second kappa shape index (κ2) is 9.18. The predicted octanol–water partition coefficient (Wildman–Crippen LogP) is 4.47. The lowest BCUT2D eigenvalue weighted by Gasteiger charge is -2.36. The van der Waals surface area contributed by atoms with Crippen LogP contribution in [-0.4, -0.2) is 80.9 Å². The summed E-state index contributed by atoms with van der Waals surface area (Å²) in [6, 6.07) is 6.43. The molecule has 3 aliphatic rings. The second-order valence-corrected chi connectivity index (χ2v) is 11.8. The molecule has 202 valence electrons. The summed E-state index contributed by atoms with van der Waals surface area (Å²) in [4.78, 5) is 25.7. The van der Waals surface area contributed by atoms with Gasteiger partial charge < -0.3 is 19.3 Å². The van der Waals surface area contributed by atoms with Crippen molar-refractivity contribution in [2.24, 2.45) is 0 Å². The summed E-state index contributed by atoms with van der Waals surface area (Å²) < 4.78 is 28.6. The molecule has 3 fully saturated rings. The third kappa shape index (κ3) is 4.59. The number of aryl methyl sites for hydroxylation is 2. The molecule has 38 heavy (non-hydrogen) atoms. The molecule has 2 aromatic heterocycles. The van der Waals surface area contributed by atoms with Gasteiger partial charge in [-0.05, 0) is 70.7 Å². The normalized spacial score (nSPS) is 25.4. The molecule has 10 heteroatoms. The molecule has 4 atom stereocenters. The molecule has 0 saturated carbocycles. The van der Waals surface area contributed by atoms with Gasteiger partial charge in [-0.15, -0.1) is 0 Å². The molecule has 6 rings (SSSR count). The standard InChI is InChI=1S/C28H35FN6O3/c1-16-8-18-12-30-35(26-11-25(31-17(2)32-26)34-13-20-9-19(34)15-37-20)24(18)10-22(16)21-6-7-33(14-23(21)29)27(36)38-28(3,4)5/h8,10-12,19-21,23H,6-7,9,13-15H2,1-5H3/t19-,20-,21-,23-/m1/s1. The number of morpholine rings is 1. The number of amides is 1. The van der Waals surface area contributed by atoms with Crippen molar-refractivity contribution in [3.8, 4) is 5.82 Å². The number of halogens is 1. The zero-order valence-corrected chi connectivity index (χ0v) is 22.6. The molecule has 5 heterocycles. The predicted molar refractivity (Wildman–Crippen MR) is 142 cm³/mol. The number of carbonyl (C=O) groups excluding carboxylic acids is 1. The third-order valence-electron chi connectivity index (χ3n) is 7.77. The summed E-state index contributed by atoms with van der Waals surface area (Å²) in [6.07, 6.45) is 2.00. The first-order valence-corrected chi connectivity index (χ1v) is 13.4. The van der Waals surface area contributed by atoms with E-state index >= 15 is 4.39 Å². The Morgan fingerprint density at radius 1 is 1.13 bits per heavy atom. The van der Waals surface area contributed by atoms with E-state index in [1.807, 2.05) is 57.6 Å². The lowest BCUT2D eigenvalue weighted by Crippen LogP contribution is -2.46. The number of likely N-dealkylation sites (tertiary alicyclic amines) is 1. The quantitative estimate of drug-likeness (QED) is 0.502. The van der Waals surface area contributed by atoms with E-state index in [0.717, 1.165) is 47.4 Å². The van der Waals surface area contributed by atoms with Crippen LogP contribution < -0.4 is 4.90 Å². The van der Waals surface area contributed by atoms with Crippen molar-refractivity contribution in [1.29, 1.82) is 0 Å². The number of benzene rings is 1. The Morgan fingerprint density at radius 2 is 1.92 bits per heavy atom. The Labute approximate surface area is 221 Å². The van der Waals surface area contributed by atoms with Gasteiger partial charge in [-0.1, -0.05) is 0 Å². The van der Waals surface area contributed by atoms with Crippen molar-refractivity contribution in [3.05, 3.63) is 41.3 Å². The van der Waals surface area contributed by atoms with Gasteiger partial charge in [0, 0.05) is 30.5 Å². The minimum Gasteiger partial charge on any atom is -0.444 e. The van der Waals surface area contributed by atoms with Crippen LogP contribution in [0.1, 0.15) is 56.5 Å². The van der Waals surface area contributed by atoms with Crippen molar-refractivity contribution in [3.63, 3.8) is 0 Å². The van der Waals surface area contributed by atoms with E-state index in [0.29, 0.717) is 30.6 Å². The Morgan fingerprint density at radius 3 is 2.61 bits per heavy atom. The minimum atomic E-state index is -1.19. The molecule has 2 bridgehead atoms. The van der Waals surface area contributed by atoms with Gasteiger partial charge in [-0.3, -0.25) is 0 Å². The lowest BCUT2D eigenvalue weighted by atomic mass is 9.85. The maximum absolute atomic E-state index is 15.6. The maximum Gasteiger partial charge on any atom is 0.410 e. The Kier molecular flexibility index (Phi) is 6.05. The molecule has 3 aliphatic heterocycles. The largest absolute Gasteiger partial charge is 0.444 e. The number of anilines is 1. The number of fused-ring (bicyclic) bond motifs is 3. The number of hydrogen-bond donors (Lipinski definition) is 0. The van der Waals surface area contributed by atoms with E-state index in [-0.39, 0.29) is 18.6 Å². The zero-order chi connectivity index (χ0) is 26.8. The van der Waals surface area contributed by atoms with Crippen LogP contribution in [0.15, 0.2) is 24.4 Å². The summed E-state index contributed by atoms with van der Waals surface area (Å²) >= 11 is 0. The summed E-state index contributed by atoms with van der Waals surface area (Å²) in [5.74, 6) is 1.94. The molecule has 1 amide bonds. The highest BCUT2D eigenvalue weighted by molar-refractivity contribution is 5.82. The van der Waals surface area contributed by atoms with Gasteiger partial charge in [0.2, 0.25) is 0 Å². The molecule has 0 spiro atoms. The average molecular weight is 523 g/mol. The van der Waals surface area contributed by atoms with Crippen molar-refractivity contribution < 1.29 is 18.7 Å². The summed E-state index contributed by atoms with van der Waals surface area (Å²) in [7, 11) is 0. The number of alkyl halides is 1. The Bertz CT molecular complexity index is 1380. The van der Waals surface area contributed by atoms with E-state index in [2.05, 4.69) is 16.1 Å². The van der Waals surface area contributed by atoms with Gasteiger partial charge in [-0.25, -0.2) is 23.8 Å². The first-order valence-electron chi connectivity index (χ1n) is 13.4. The number of aromatic nitrogens is 4. The molecule has 0 aliphatic carbocycles. The number of piperidine rings is 1. The molecule has 1 aromatic carbocycles. The Hall–Kier alpha value is -3.27. The fourth-order valence-corrected chi connectivity index (χ4v) is 6.01. The summed E-state index contributed by atoms with van der Waals surface area (Å²) in [5.41, 5.74) is 2.22. The lowest BCUT2D eigenvalue weighted by molar-refractivity contribution is 0.0111. The van der Waals surface area contributed by atoms with E-state index in [1.165, 1.54) is 4.90 Å². The fraction of sp³-hybridized carbons (Fsp3) is 0.571. The van der Waals surface area contributed by atoms with Crippen LogP contribution in [0.4, 0.5) is 15.0 Å². The molecule has 3 aromatic rings. The van der Waals surface area contributed by atoms with Crippen LogP contribution in [-0.2, 0) is 9.47 Å². The van der Waals surface area contributed by atoms with Crippen LogP contribution >= 0.6 is 0 Å². The van der Waals surface area contributed by atoms with Crippen LogP contribution in [0.2, 0.25) is 0 Å². The highest BCUT2D eigenvalue weighted by Crippen LogP contribution is 2.36. The smallest absolute Gasteiger partial charge is 0.410 e. The first-order chi connectivity index (χ1) is 18.1. The molecule has 9 nitrogen and oxygen atoms in total. The molecule has 3 saturated heterocycles. The van der Waals surface area contributed by atoms with Crippen molar-refractivity contribution in [2.45, 2.75) is 77.3 Å². The molecule has 0 radical (unpaired) electrons. The molecular weight excluding hydrogens is 487 g/mol. The zero-order valence-electron chi connectivity index (χ0n) is 22.6. The van der Waals surface area contributed by atoms with E-state index < -0.39 is 17.9 Å². The van der Waals surface area contributed by atoms with Gasteiger partial charge >= 0.3 is 6.09 Å². The molecule has 0 unspecified atom stereocenters. The van der Waals surface area contributed by atoms with Gasteiger partial charge in [0.15, 0.2) is 5.82 Å². The van der Waals surface area contributed by atoms with Crippen LogP contribution in [0.25, 0.3) is 16.7 Å². The summed E-state index contributed by atoms with van der Waals surface area (Å²) in [5, 5.41) is 5.63. The van der Waals surface area contributed by atoms with E-state index in [4.69, 9.17) is 19.4 Å². The number of carbonyl (C=O) groups is 1. The minimum absolute atomic E-state index is 0.0203. The van der Waals surface area contributed by atoms with Gasteiger partial charge in [-0.2, -0.15) is 5.10 Å². The maximum atomic E-state index is 15.6.